The first-order valence-electron chi connectivity index (χ1n) is 17.2. The van der Waals surface area contributed by atoms with Gasteiger partial charge in [-0.2, -0.15) is 5.26 Å². The maximum absolute atomic E-state index is 9.46. The summed E-state index contributed by atoms with van der Waals surface area (Å²) in [5.41, 5.74) is 20.1. The predicted molar refractivity (Wildman–Crippen MR) is 210 cm³/mol. The molecular weight excluding hydrogens is 605 g/mol. The van der Waals surface area contributed by atoms with Crippen LogP contribution in [0.1, 0.15) is 22.3 Å². The number of hydrogen-bond donors (Lipinski definition) is 0. The van der Waals surface area contributed by atoms with E-state index < -0.39 is 0 Å². The molecule has 0 atom stereocenters. The van der Waals surface area contributed by atoms with Crippen LogP contribution in [0.15, 0.2) is 152 Å². The first-order valence-corrected chi connectivity index (χ1v) is 17.2. The van der Waals surface area contributed by atoms with E-state index in [0.717, 1.165) is 22.5 Å². The van der Waals surface area contributed by atoms with Crippen molar-refractivity contribution in [1.29, 1.82) is 5.26 Å². The zero-order chi connectivity index (χ0) is 33.9. The summed E-state index contributed by atoms with van der Waals surface area (Å²) in [4.78, 5) is 4.93. The molecule has 0 amide bonds. The van der Waals surface area contributed by atoms with Crippen LogP contribution in [0.3, 0.4) is 0 Å². The molecule has 0 aromatic heterocycles. The molecule has 2 heterocycles. The number of benzene rings is 7. The Hall–Kier alpha value is -6.31. The van der Waals surface area contributed by atoms with Gasteiger partial charge in [0.15, 0.2) is 0 Å². The molecule has 0 fully saturated rings. The summed E-state index contributed by atoms with van der Waals surface area (Å²) in [6, 6.07) is 57.0. The van der Waals surface area contributed by atoms with Gasteiger partial charge in [0.25, 0.3) is 6.71 Å². The van der Waals surface area contributed by atoms with E-state index in [2.05, 4.69) is 176 Å². The summed E-state index contributed by atoms with van der Waals surface area (Å²) in [5.74, 6) is 0. The summed E-state index contributed by atoms with van der Waals surface area (Å²) >= 11 is 0. The third kappa shape index (κ3) is 4.66. The molecule has 236 valence electrons. The topological polar surface area (TPSA) is 30.3 Å². The van der Waals surface area contributed by atoms with E-state index in [4.69, 9.17) is 0 Å². The zero-order valence-electron chi connectivity index (χ0n) is 28.4. The molecule has 7 aromatic rings. The Labute approximate surface area is 294 Å². The third-order valence-electron chi connectivity index (χ3n) is 10.3. The third-order valence-corrected chi connectivity index (χ3v) is 10.3. The van der Waals surface area contributed by atoms with Crippen LogP contribution in [0, 0.1) is 32.1 Å². The molecule has 0 radical (unpaired) electrons. The van der Waals surface area contributed by atoms with E-state index in [1.807, 2.05) is 12.1 Å². The van der Waals surface area contributed by atoms with Crippen molar-refractivity contribution in [2.45, 2.75) is 20.8 Å². The highest BCUT2D eigenvalue weighted by Gasteiger charge is 2.43. The lowest BCUT2D eigenvalue weighted by Crippen LogP contribution is -2.61. The first-order chi connectivity index (χ1) is 24.5. The van der Waals surface area contributed by atoms with E-state index in [0.29, 0.717) is 5.56 Å². The van der Waals surface area contributed by atoms with Crippen molar-refractivity contribution in [3.05, 3.63) is 174 Å². The van der Waals surface area contributed by atoms with Gasteiger partial charge in [-0.3, -0.25) is 0 Å². The smallest absolute Gasteiger partial charge is 0.252 e. The average Bonchev–Trinajstić information content (AvgIpc) is 3.15. The summed E-state index contributed by atoms with van der Waals surface area (Å²) < 4.78 is 0. The molecule has 0 spiro atoms. The van der Waals surface area contributed by atoms with E-state index in [-0.39, 0.29) is 6.71 Å². The normalized spacial score (nSPS) is 12.6. The average molecular weight is 640 g/mol. The number of fused-ring (bicyclic) bond motifs is 4. The lowest BCUT2D eigenvalue weighted by molar-refractivity contribution is 1.25. The van der Waals surface area contributed by atoms with E-state index in [1.165, 1.54) is 67.0 Å². The van der Waals surface area contributed by atoms with Crippen LogP contribution < -0.4 is 26.2 Å². The number of hydrogen-bond acceptors (Lipinski definition) is 3. The van der Waals surface area contributed by atoms with Crippen LogP contribution >= 0.6 is 0 Å². The lowest BCUT2D eigenvalue weighted by Gasteiger charge is -2.44. The van der Waals surface area contributed by atoms with Crippen LogP contribution in [-0.2, 0) is 0 Å². The van der Waals surface area contributed by atoms with Crippen molar-refractivity contribution in [3.8, 4) is 28.3 Å². The first kappa shape index (κ1) is 29.8. The standard InChI is InChI=1S/C46H34BN3/c1-30-24-31(2)45(32(3)25-30)36-27-43-46-44(28-36)50(38-14-8-5-9-15-38)42-23-22-35(34-20-18-33(29-48)19-21-34)26-40(42)47(46)39-16-10-11-17-41(39)49(43)37-12-6-4-7-13-37/h4-28H,1-3H3. The van der Waals surface area contributed by atoms with Crippen molar-refractivity contribution >= 4 is 57.2 Å². The van der Waals surface area contributed by atoms with Gasteiger partial charge in [-0.15, -0.1) is 0 Å². The van der Waals surface area contributed by atoms with Gasteiger partial charge in [0.2, 0.25) is 0 Å². The number of para-hydroxylation sites is 3. The summed E-state index contributed by atoms with van der Waals surface area (Å²) in [6.45, 7) is 6.67. The van der Waals surface area contributed by atoms with Gasteiger partial charge in [-0.05, 0) is 131 Å². The van der Waals surface area contributed by atoms with Crippen LogP contribution in [0.4, 0.5) is 34.1 Å². The highest BCUT2D eigenvalue weighted by Crippen LogP contribution is 2.46. The van der Waals surface area contributed by atoms with E-state index >= 15 is 0 Å². The zero-order valence-corrected chi connectivity index (χ0v) is 28.4. The largest absolute Gasteiger partial charge is 0.311 e. The minimum atomic E-state index is 0.0127. The van der Waals surface area contributed by atoms with Gasteiger partial charge in [0, 0.05) is 34.1 Å². The Morgan fingerprint density at radius 1 is 0.480 bits per heavy atom. The molecule has 0 aliphatic carbocycles. The Morgan fingerprint density at radius 2 is 1.02 bits per heavy atom. The molecule has 7 aromatic carbocycles. The monoisotopic (exact) mass is 639 g/mol. The highest BCUT2D eigenvalue weighted by molar-refractivity contribution is 7.00. The molecule has 2 aliphatic heterocycles. The Kier molecular flexibility index (Phi) is 6.97. The minimum absolute atomic E-state index is 0.0127. The van der Waals surface area contributed by atoms with Crippen molar-refractivity contribution in [3.63, 3.8) is 0 Å². The second-order valence-electron chi connectivity index (χ2n) is 13.5. The molecule has 0 saturated carbocycles. The summed E-state index contributed by atoms with van der Waals surface area (Å²) in [5, 5.41) is 9.46. The fraction of sp³-hybridized carbons (Fsp3) is 0.0652. The van der Waals surface area contributed by atoms with Crippen molar-refractivity contribution < 1.29 is 0 Å². The van der Waals surface area contributed by atoms with Crippen molar-refractivity contribution in [1.82, 2.24) is 0 Å². The van der Waals surface area contributed by atoms with Crippen LogP contribution in [-0.4, -0.2) is 6.71 Å². The molecule has 9 rings (SSSR count). The van der Waals surface area contributed by atoms with Gasteiger partial charge in [-0.1, -0.05) is 96.6 Å². The van der Waals surface area contributed by atoms with Gasteiger partial charge in [0.05, 0.1) is 11.6 Å². The van der Waals surface area contributed by atoms with Crippen molar-refractivity contribution in [2.24, 2.45) is 0 Å². The summed E-state index contributed by atoms with van der Waals surface area (Å²) in [7, 11) is 0. The molecule has 0 bridgehead atoms. The number of aryl methyl sites for hydroxylation is 3. The van der Waals surface area contributed by atoms with Gasteiger partial charge in [-0.25, -0.2) is 0 Å². The van der Waals surface area contributed by atoms with Gasteiger partial charge < -0.3 is 9.80 Å². The predicted octanol–water partition coefficient (Wildman–Crippen LogP) is 9.90. The van der Waals surface area contributed by atoms with Crippen LogP contribution in [0.25, 0.3) is 22.3 Å². The fourth-order valence-corrected chi connectivity index (χ4v) is 8.36. The number of nitriles is 1. The molecular formula is C46H34BN3. The maximum Gasteiger partial charge on any atom is 0.252 e. The van der Waals surface area contributed by atoms with E-state index in [9.17, 15) is 5.26 Å². The molecule has 0 saturated heterocycles. The lowest BCUT2D eigenvalue weighted by atomic mass is 9.33. The number of anilines is 6. The SMILES string of the molecule is Cc1cc(C)c(-c2cc3c4c(c2)N(c2ccccc2)c2ccc(-c5ccc(C#N)cc5)cc2B4c2ccccc2N3c2ccccc2)c(C)c1. The van der Waals surface area contributed by atoms with Gasteiger partial charge in [0.1, 0.15) is 0 Å². The molecule has 0 unspecified atom stereocenters. The molecule has 50 heavy (non-hydrogen) atoms. The second-order valence-corrected chi connectivity index (χ2v) is 13.5. The number of nitrogens with zero attached hydrogens (tertiary/aromatic N) is 3. The van der Waals surface area contributed by atoms with E-state index in [1.54, 1.807) is 0 Å². The Bertz CT molecular complexity index is 2440. The Balaban J connectivity index is 1.39. The van der Waals surface area contributed by atoms with Crippen molar-refractivity contribution in [2.75, 3.05) is 9.80 Å². The minimum Gasteiger partial charge on any atom is -0.311 e. The fourth-order valence-electron chi connectivity index (χ4n) is 8.36. The second kappa shape index (κ2) is 11.7. The molecule has 2 aliphatic rings. The number of rotatable bonds is 4. The van der Waals surface area contributed by atoms with Gasteiger partial charge >= 0.3 is 0 Å². The molecule has 0 N–H and O–H groups in total. The molecule has 3 nitrogen and oxygen atoms in total. The quantitative estimate of drug-likeness (QED) is 0.180. The van der Waals surface area contributed by atoms with Crippen LogP contribution in [0.5, 0.6) is 0 Å². The molecule has 4 heteroatoms. The van der Waals surface area contributed by atoms with Crippen LogP contribution in [0.2, 0.25) is 0 Å². The highest BCUT2D eigenvalue weighted by atomic mass is 15.2. The maximum atomic E-state index is 9.46. The Morgan fingerprint density at radius 3 is 1.62 bits per heavy atom. The summed E-state index contributed by atoms with van der Waals surface area (Å²) in [6.07, 6.45) is 0.